The van der Waals surface area contributed by atoms with Crippen molar-refractivity contribution in [2.24, 2.45) is 0 Å². The average Bonchev–Trinajstić information content (AvgIpc) is 2.46. The van der Waals surface area contributed by atoms with Crippen LogP contribution in [0.3, 0.4) is 0 Å². The van der Waals surface area contributed by atoms with Gasteiger partial charge in [-0.25, -0.2) is 0 Å². The minimum absolute atomic E-state index is 0.113. The van der Waals surface area contributed by atoms with Crippen molar-refractivity contribution in [1.82, 2.24) is 0 Å². The number of hydrogen-bond acceptors (Lipinski definition) is 4. The van der Waals surface area contributed by atoms with Gasteiger partial charge in [0.2, 0.25) is 0 Å². The summed E-state index contributed by atoms with van der Waals surface area (Å²) < 4.78 is 0.702. The number of nitro benzene ring substituents is 1. The number of anilines is 2. The van der Waals surface area contributed by atoms with Gasteiger partial charge in [-0.05, 0) is 36.4 Å². The molecule has 0 aliphatic carbocycles. The van der Waals surface area contributed by atoms with E-state index in [0.717, 1.165) is 11.4 Å². The summed E-state index contributed by atoms with van der Waals surface area (Å²) in [5, 5.41) is 14.3. The van der Waals surface area contributed by atoms with E-state index in [1.54, 1.807) is 12.1 Å². The Kier molecular flexibility index (Phi) is 4.80. The molecule has 0 saturated heterocycles. The second-order valence-corrected chi connectivity index (χ2v) is 5.74. The summed E-state index contributed by atoms with van der Waals surface area (Å²) in [6, 6.07) is 13.0. The maximum atomic E-state index is 11.1. The van der Waals surface area contributed by atoms with Crippen LogP contribution >= 0.6 is 15.9 Å². The van der Waals surface area contributed by atoms with E-state index in [9.17, 15) is 10.1 Å². The molecule has 0 bridgehead atoms. The van der Waals surface area contributed by atoms with Crippen molar-refractivity contribution in [2.45, 2.75) is 6.54 Å². The number of rotatable bonds is 5. The third-order valence-corrected chi connectivity index (χ3v) is 3.60. The van der Waals surface area contributed by atoms with Gasteiger partial charge in [0.25, 0.3) is 5.69 Å². The van der Waals surface area contributed by atoms with E-state index in [1.807, 2.05) is 43.3 Å². The van der Waals surface area contributed by atoms with Gasteiger partial charge in [0.05, 0.1) is 4.92 Å². The molecule has 0 fully saturated rings. The minimum atomic E-state index is -0.364. The molecule has 0 saturated carbocycles. The lowest BCUT2D eigenvalue weighted by Crippen LogP contribution is -2.08. The van der Waals surface area contributed by atoms with Crippen molar-refractivity contribution >= 4 is 33.0 Å². The van der Waals surface area contributed by atoms with Crippen molar-refractivity contribution in [3.63, 3.8) is 0 Å². The molecule has 0 aliphatic heterocycles. The minimum Gasteiger partial charge on any atom is -0.381 e. The lowest BCUT2D eigenvalue weighted by molar-refractivity contribution is -0.385. The quantitative estimate of drug-likeness (QED) is 0.653. The summed E-state index contributed by atoms with van der Waals surface area (Å²) in [6.45, 7) is 0.408. The first-order chi connectivity index (χ1) is 9.97. The Bertz CT molecular complexity index is 642. The molecule has 2 rings (SSSR count). The molecule has 0 spiro atoms. The molecular formula is C15H16BrN3O2. The number of nitro groups is 1. The van der Waals surface area contributed by atoms with Crippen LogP contribution in [-0.2, 0) is 6.54 Å². The number of halogens is 1. The van der Waals surface area contributed by atoms with Gasteiger partial charge in [0.15, 0.2) is 0 Å². The summed E-state index contributed by atoms with van der Waals surface area (Å²) in [6.07, 6.45) is 0. The Morgan fingerprint density at radius 2 is 1.86 bits per heavy atom. The fraction of sp³-hybridized carbons (Fsp3) is 0.200. The van der Waals surface area contributed by atoms with Crippen LogP contribution in [0, 0.1) is 10.1 Å². The molecule has 110 valence electrons. The first-order valence-corrected chi connectivity index (χ1v) is 7.21. The molecule has 0 unspecified atom stereocenters. The van der Waals surface area contributed by atoms with Crippen LogP contribution in [0.1, 0.15) is 5.56 Å². The van der Waals surface area contributed by atoms with E-state index in [2.05, 4.69) is 21.2 Å². The molecule has 2 aromatic carbocycles. The molecule has 5 nitrogen and oxygen atoms in total. The van der Waals surface area contributed by atoms with E-state index < -0.39 is 0 Å². The van der Waals surface area contributed by atoms with Gasteiger partial charge >= 0.3 is 0 Å². The highest BCUT2D eigenvalue weighted by Gasteiger charge is 2.13. The lowest BCUT2D eigenvalue weighted by Gasteiger charge is -2.13. The molecule has 0 heterocycles. The predicted molar refractivity (Wildman–Crippen MR) is 88.9 cm³/mol. The van der Waals surface area contributed by atoms with E-state index in [-0.39, 0.29) is 10.6 Å². The fourth-order valence-corrected chi connectivity index (χ4v) is 2.28. The van der Waals surface area contributed by atoms with Crippen LogP contribution in [0.5, 0.6) is 0 Å². The van der Waals surface area contributed by atoms with Crippen LogP contribution < -0.4 is 10.2 Å². The van der Waals surface area contributed by atoms with Gasteiger partial charge in [-0.15, -0.1) is 0 Å². The molecule has 21 heavy (non-hydrogen) atoms. The predicted octanol–water partition coefficient (Wildman–Crippen LogP) is 4.04. The molecule has 2 aromatic rings. The lowest BCUT2D eigenvalue weighted by atomic mass is 10.1. The Morgan fingerprint density at radius 3 is 2.43 bits per heavy atom. The van der Waals surface area contributed by atoms with Crippen molar-refractivity contribution in [2.75, 3.05) is 24.3 Å². The highest BCUT2D eigenvalue weighted by molar-refractivity contribution is 9.10. The van der Waals surface area contributed by atoms with Crippen LogP contribution in [-0.4, -0.2) is 19.0 Å². The van der Waals surface area contributed by atoms with Crippen molar-refractivity contribution in [1.29, 1.82) is 0 Å². The molecular weight excluding hydrogens is 334 g/mol. The van der Waals surface area contributed by atoms with E-state index in [4.69, 9.17) is 0 Å². The van der Waals surface area contributed by atoms with Crippen LogP contribution in [0.25, 0.3) is 0 Å². The van der Waals surface area contributed by atoms with E-state index >= 15 is 0 Å². The highest BCUT2D eigenvalue weighted by Crippen LogP contribution is 2.24. The SMILES string of the molecule is CN(C)c1ccc(NCc2ccc(Br)cc2[N+](=O)[O-])cc1. The van der Waals surface area contributed by atoms with Crippen molar-refractivity contribution < 1.29 is 4.92 Å². The van der Waals surface area contributed by atoms with Gasteiger partial charge in [-0.1, -0.05) is 15.9 Å². The Labute approximate surface area is 131 Å². The number of nitrogens with zero attached hydrogens (tertiary/aromatic N) is 2. The molecule has 0 aliphatic rings. The molecule has 1 N–H and O–H groups in total. The molecule has 0 aromatic heterocycles. The van der Waals surface area contributed by atoms with E-state index in [0.29, 0.717) is 16.6 Å². The van der Waals surface area contributed by atoms with E-state index in [1.165, 1.54) is 6.07 Å². The zero-order chi connectivity index (χ0) is 15.4. The van der Waals surface area contributed by atoms with Crippen molar-refractivity contribution in [3.05, 3.63) is 62.6 Å². The Balaban J connectivity index is 2.11. The third kappa shape index (κ3) is 3.95. The summed E-state index contributed by atoms with van der Waals surface area (Å²) in [5.74, 6) is 0. The summed E-state index contributed by atoms with van der Waals surface area (Å²) in [4.78, 5) is 12.7. The number of benzene rings is 2. The van der Waals surface area contributed by atoms with Gasteiger partial charge < -0.3 is 10.2 Å². The van der Waals surface area contributed by atoms with Crippen LogP contribution in [0.4, 0.5) is 17.1 Å². The first-order valence-electron chi connectivity index (χ1n) is 6.41. The standard InChI is InChI=1S/C15H16BrN3O2/c1-18(2)14-7-5-13(6-8-14)17-10-11-3-4-12(16)9-15(11)19(20)21/h3-9,17H,10H2,1-2H3. The fourth-order valence-electron chi connectivity index (χ4n) is 1.93. The molecule has 0 atom stereocenters. The first kappa shape index (κ1) is 15.3. The second-order valence-electron chi connectivity index (χ2n) is 4.82. The smallest absolute Gasteiger partial charge is 0.275 e. The number of nitrogens with one attached hydrogen (secondary N) is 1. The largest absolute Gasteiger partial charge is 0.381 e. The number of hydrogen-bond donors (Lipinski definition) is 1. The Morgan fingerprint density at radius 1 is 1.19 bits per heavy atom. The molecule has 0 radical (unpaired) electrons. The summed E-state index contributed by atoms with van der Waals surface area (Å²) in [5.41, 5.74) is 2.80. The van der Waals surface area contributed by atoms with Crippen LogP contribution in [0.15, 0.2) is 46.9 Å². The molecule has 0 amide bonds. The maximum absolute atomic E-state index is 11.1. The van der Waals surface area contributed by atoms with Gasteiger partial charge in [-0.2, -0.15) is 0 Å². The maximum Gasteiger partial charge on any atom is 0.275 e. The molecule has 6 heteroatoms. The topological polar surface area (TPSA) is 58.4 Å². The monoisotopic (exact) mass is 349 g/mol. The average molecular weight is 350 g/mol. The summed E-state index contributed by atoms with van der Waals surface area (Å²) >= 11 is 3.25. The second kappa shape index (κ2) is 6.58. The summed E-state index contributed by atoms with van der Waals surface area (Å²) in [7, 11) is 3.96. The normalized spacial score (nSPS) is 10.2. The van der Waals surface area contributed by atoms with Gasteiger partial charge in [-0.3, -0.25) is 10.1 Å². The van der Waals surface area contributed by atoms with Crippen molar-refractivity contribution in [3.8, 4) is 0 Å². The van der Waals surface area contributed by atoms with Gasteiger partial charge in [0.1, 0.15) is 0 Å². The van der Waals surface area contributed by atoms with Gasteiger partial charge in [0, 0.05) is 48.1 Å². The zero-order valence-electron chi connectivity index (χ0n) is 11.8. The highest BCUT2D eigenvalue weighted by atomic mass is 79.9. The zero-order valence-corrected chi connectivity index (χ0v) is 13.4. The van der Waals surface area contributed by atoms with Crippen LogP contribution in [0.2, 0.25) is 0 Å². The third-order valence-electron chi connectivity index (χ3n) is 3.11. The Hall–Kier alpha value is -2.08.